The van der Waals surface area contributed by atoms with Gasteiger partial charge in [-0.25, -0.2) is 4.98 Å². The van der Waals surface area contributed by atoms with Crippen molar-refractivity contribution in [1.82, 2.24) is 4.98 Å². The van der Waals surface area contributed by atoms with E-state index in [2.05, 4.69) is 45.3 Å². The quantitative estimate of drug-likeness (QED) is 0.503. The van der Waals surface area contributed by atoms with Crippen molar-refractivity contribution in [2.24, 2.45) is 0 Å². The highest BCUT2D eigenvalue weighted by Gasteiger charge is 2.10. The number of hydrogen-bond acceptors (Lipinski definition) is 3. The fraction of sp³-hybridized carbons (Fsp3) is 0.0625. The van der Waals surface area contributed by atoms with E-state index >= 15 is 0 Å². The van der Waals surface area contributed by atoms with Gasteiger partial charge in [0, 0.05) is 20.6 Å². The van der Waals surface area contributed by atoms with Gasteiger partial charge in [-0.2, -0.15) is 0 Å². The van der Waals surface area contributed by atoms with Crippen LogP contribution in [-0.2, 0) is 0 Å². The molecule has 112 valence electrons. The Morgan fingerprint density at radius 1 is 1.05 bits per heavy atom. The molecule has 3 aromatic rings. The molecule has 0 bridgehead atoms. The predicted octanol–water partition coefficient (Wildman–Crippen LogP) is 6.93. The van der Waals surface area contributed by atoms with Crippen LogP contribution in [0.4, 0.5) is 10.8 Å². The molecule has 0 spiro atoms. The topological polar surface area (TPSA) is 24.9 Å². The highest BCUT2D eigenvalue weighted by atomic mass is 79.9. The number of nitrogens with zero attached hydrogens (tertiary/aromatic N) is 1. The van der Waals surface area contributed by atoms with Gasteiger partial charge >= 0.3 is 0 Å². The van der Waals surface area contributed by atoms with Gasteiger partial charge < -0.3 is 5.32 Å². The zero-order chi connectivity index (χ0) is 15.7. The number of rotatable bonds is 3. The highest BCUT2D eigenvalue weighted by Crippen LogP contribution is 2.33. The lowest BCUT2D eigenvalue weighted by Crippen LogP contribution is -1.89. The van der Waals surface area contributed by atoms with Crippen molar-refractivity contribution in [2.45, 2.75) is 6.92 Å². The first-order valence-corrected chi connectivity index (χ1v) is 8.85. The number of benzene rings is 2. The van der Waals surface area contributed by atoms with Gasteiger partial charge in [-0.05, 0) is 37.3 Å². The van der Waals surface area contributed by atoms with Gasteiger partial charge in [0.1, 0.15) is 0 Å². The fourth-order valence-electron chi connectivity index (χ4n) is 2.02. The molecule has 3 rings (SSSR count). The van der Waals surface area contributed by atoms with Gasteiger partial charge in [0.15, 0.2) is 5.13 Å². The molecular formula is C16H11BrCl2N2S. The number of thiazole rings is 1. The largest absolute Gasteiger partial charge is 0.331 e. The maximum Gasteiger partial charge on any atom is 0.187 e. The molecule has 0 aliphatic carbocycles. The van der Waals surface area contributed by atoms with Crippen LogP contribution in [0.15, 0.2) is 46.9 Å². The summed E-state index contributed by atoms with van der Waals surface area (Å²) in [5.41, 5.74) is 2.95. The molecule has 0 aliphatic rings. The van der Waals surface area contributed by atoms with Crippen LogP contribution in [-0.4, -0.2) is 4.98 Å². The third kappa shape index (κ3) is 3.46. The summed E-state index contributed by atoms with van der Waals surface area (Å²) in [6, 6.07) is 13.6. The molecule has 0 radical (unpaired) electrons. The predicted molar refractivity (Wildman–Crippen MR) is 99.7 cm³/mol. The van der Waals surface area contributed by atoms with Crippen LogP contribution < -0.4 is 5.32 Å². The maximum absolute atomic E-state index is 6.03. The van der Waals surface area contributed by atoms with E-state index in [1.54, 1.807) is 23.5 Å². The van der Waals surface area contributed by atoms with Crippen LogP contribution in [0.5, 0.6) is 0 Å². The summed E-state index contributed by atoms with van der Waals surface area (Å²) in [7, 11) is 0. The van der Waals surface area contributed by atoms with Gasteiger partial charge in [-0.3, -0.25) is 0 Å². The number of nitrogens with one attached hydrogen (secondary N) is 1. The Balaban J connectivity index is 1.88. The normalized spacial score (nSPS) is 10.7. The Labute approximate surface area is 151 Å². The highest BCUT2D eigenvalue weighted by molar-refractivity contribution is 9.10. The van der Waals surface area contributed by atoms with Crippen LogP contribution in [0.3, 0.4) is 0 Å². The molecule has 0 amide bonds. The van der Waals surface area contributed by atoms with E-state index in [4.69, 9.17) is 23.2 Å². The van der Waals surface area contributed by atoms with Crippen molar-refractivity contribution >= 4 is 61.3 Å². The molecule has 2 nitrogen and oxygen atoms in total. The lowest BCUT2D eigenvalue weighted by atomic mass is 10.1. The molecule has 0 atom stereocenters. The second kappa shape index (κ2) is 6.59. The summed E-state index contributed by atoms with van der Waals surface area (Å²) in [4.78, 5) is 5.83. The van der Waals surface area contributed by atoms with Gasteiger partial charge in [0.05, 0.1) is 15.7 Å². The molecule has 22 heavy (non-hydrogen) atoms. The zero-order valence-corrected chi connectivity index (χ0v) is 15.4. The molecule has 1 N–H and O–H groups in total. The Morgan fingerprint density at radius 2 is 1.77 bits per heavy atom. The standard InChI is InChI=1S/C16H11BrCl2N2S/c1-9-15(10-2-4-11(17)5-3-10)21-16(22-9)20-12-6-7-13(18)14(19)8-12/h2-8H,1H3,(H,20,21). The van der Waals surface area contributed by atoms with E-state index in [1.807, 2.05) is 18.2 Å². The molecule has 0 aliphatic heterocycles. The molecule has 0 saturated heterocycles. The minimum absolute atomic E-state index is 0.521. The molecule has 0 unspecified atom stereocenters. The summed E-state index contributed by atoms with van der Waals surface area (Å²) in [5, 5.41) is 5.16. The van der Waals surface area contributed by atoms with Crippen molar-refractivity contribution in [2.75, 3.05) is 5.32 Å². The minimum Gasteiger partial charge on any atom is -0.331 e. The number of anilines is 2. The summed E-state index contributed by atoms with van der Waals surface area (Å²) < 4.78 is 1.05. The Bertz CT molecular complexity index is 816. The number of aryl methyl sites for hydroxylation is 1. The first kappa shape index (κ1) is 15.8. The van der Waals surface area contributed by atoms with Crippen LogP contribution >= 0.6 is 50.5 Å². The minimum atomic E-state index is 0.521. The SMILES string of the molecule is Cc1sc(Nc2ccc(Cl)c(Cl)c2)nc1-c1ccc(Br)cc1. The van der Waals surface area contributed by atoms with E-state index in [0.717, 1.165) is 31.4 Å². The summed E-state index contributed by atoms with van der Waals surface area (Å²) in [5.74, 6) is 0. The van der Waals surface area contributed by atoms with Gasteiger partial charge in [0.2, 0.25) is 0 Å². The smallest absolute Gasteiger partial charge is 0.187 e. The first-order valence-electron chi connectivity index (χ1n) is 6.48. The van der Waals surface area contributed by atoms with Crippen molar-refractivity contribution in [3.8, 4) is 11.3 Å². The summed E-state index contributed by atoms with van der Waals surface area (Å²) in [6.45, 7) is 2.06. The molecule has 0 saturated carbocycles. The second-order valence-electron chi connectivity index (χ2n) is 4.68. The lowest BCUT2D eigenvalue weighted by Gasteiger charge is -2.03. The first-order chi connectivity index (χ1) is 10.5. The van der Waals surface area contributed by atoms with Crippen LogP contribution in [0.25, 0.3) is 11.3 Å². The number of aromatic nitrogens is 1. The fourth-order valence-corrected chi connectivity index (χ4v) is 3.44. The van der Waals surface area contributed by atoms with Gasteiger partial charge in [-0.15, -0.1) is 11.3 Å². The monoisotopic (exact) mass is 412 g/mol. The van der Waals surface area contributed by atoms with Gasteiger partial charge in [-0.1, -0.05) is 51.3 Å². The van der Waals surface area contributed by atoms with Crippen molar-refractivity contribution in [1.29, 1.82) is 0 Å². The van der Waals surface area contributed by atoms with E-state index in [0.29, 0.717) is 10.0 Å². The molecular weight excluding hydrogens is 403 g/mol. The van der Waals surface area contributed by atoms with E-state index in [1.165, 1.54) is 0 Å². The van der Waals surface area contributed by atoms with Crippen LogP contribution in [0, 0.1) is 6.92 Å². The molecule has 2 aromatic carbocycles. The third-order valence-corrected chi connectivity index (χ3v) is 5.24. The Hall–Kier alpha value is -1.07. The van der Waals surface area contributed by atoms with E-state index in [9.17, 15) is 0 Å². The van der Waals surface area contributed by atoms with Crippen molar-refractivity contribution in [3.63, 3.8) is 0 Å². The van der Waals surface area contributed by atoms with Crippen LogP contribution in [0.2, 0.25) is 10.0 Å². The van der Waals surface area contributed by atoms with Crippen molar-refractivity contribution < 1.29 is 0 Å². The van der Waals surface area contributed by atoms with Gasteiger partial charge in [0.25, 0.3) is 0 Å². The Kier molecular flexibility index (Phi) is 4.73. The molecule has 1 aromatic heterocycles. The van der Waals surface area contributed by atoms with E-state index in [-0.39, 0.29) is 0 Å². The summed E-state index contributed by atoms with van der Waals surface area (Å²) >= 11 is 17.0. The average molecular weight is 414 g/mol. The number of hydrogen-bond donors (Lipinski definition) is 1. The molecule has 1 heterocycles. The van der Waals surface area contributed by atoms with Crippen LogP contribution in [0.1, 0.15) is 4.88 Å². The lowest BCUT2D eigenvalue weighted by molar-refractivity contribution is 1.36. The van der Waals surface area contributed by atoms with Crippen molar-refractivity contribution in [3.05, 3.63) is 61.9 Å². The molecule has 6 heteroatoms. The molecule has 0 fully saturated rings. The zero-order valence-electron chi connectivity index (χ0n) is 11.5. The summed E-state index contributed by atoms with van der Waals surface area (Å²) in [6.07, 6.45) is 0. The van der Waals surface area contributed by atoms with E-state index < -0.39 is 0 Å². The Morgan fingerprint density at radius 3 is 2.45 bits per heavy atom. The second-order valence-corrected chi connectivity index (χ2v) is 7.62. The third-order valence-electron chi connectivity index (χ3n) is 3.09. The number of halogens is 3. The average Bonchev–Trinajstić information content (AvgIpc) is 2.84. The maximum atomic E-state index is 6.03.